The van der Waals surface area contributed by atoms with Crippen LogP contribution in [0.2, 0.25) is 0 Å². The Labute approximate surface area is 128 Å². The van der Waals surface area contributed by atoms with Gasteiger partial charge in [-0.15, -0.1) is 0 Å². The molecule has 0 fully saturated rings. The van der Waals surface area contributed by atoms with Gasteiger partial charge >= 0.3 is 0 Å². The van der Waals surface area contributed by atoms with Crippen LogP contribution in [0, 0.1) is 5.92 Å². The Hall–Kier alpha value is -2.73. The molecule has 6 nitrogen and oxygen atoms in total. The molecule has 0 aliphatic rings. The van der Waals surface area contributed by atoms with Crippen LogP contribution in [0.3, 0.4) is 0 Å². The van der Waals surface area contributed by atoms with Crippen molar-refractivity contribution in [1.82, 2.24) is 4.98 Å². The highest BCUT2D eigenvalue weighted by atomic mass is 16.5. The summed E-state index contributed by atoms with van der Waals surface area (Å²) in [6.45, 7) is 0.237. The van der Waals surface area contributed by atoms with E-state index < -0.39 is 17.7 Å². The monoisotopic (exact) mass is 299 g/mol. The van der Waals surface area contributed by atoms with Gasteiger partial charge in [-0.25, -0.2) is 0 Å². The maximum Gasteiger partial charge on any atom is 0.239 e. The second-order valence-corrected chi connectivity index (χ2v) is 4.69. The molecule has 1 atom stereocenters. The number of pyridine rings is 1. The van der Waals surface area contributed by atoms with Crippen LogP contribution in [-0.2, 0) is 20.9 Å². The number of hydrogen-bond acceptors (Lipinski definition) is 4. The third-order valence-corrected chi connectivity index (χ3v) is 2.99. The number of primary amides is 1. The summed E-state index contributed by atoms with van der Waals surface area (Å²) in [6, 6.07) is 12.8. The summed E-state index contributed by atoms with van der Waals surface area (Å²) in [4.78, 5) is 27.4. The van der Waals surface area contributed by atoms with Gasteiger partial charge in [0.05, 0.1) is 25.1 Å². The highest BCUT2D eigenvalue weighted by molar-refractivity contribution is 6.06. The number of amides is 2. The van der Waals surface area contributed by atoms with Crippen molar-refractivity contribution < 1.29 is 14.3 Å². The summed E-state index contributed by atoms with van der Waals surface area (Å²) < 4.78 is 5.42. The van der Waals surface area contributed by atoms with E-state index in [1.807, 2.05) is 30.3 Å². The summed E-state index contributed by atoms with van der Waals surface area (Å²) in [5.74, 6) is -2.29. The SMILES string of the molecule is NC(=O)C(COCc1ccccc1)C(=O)Nc1cccnc1. The largest absolute Gasteiger partial charge is 0.375 e. The maximum atomic E-state index is 12.1. The van der Waals surface area contributed by atoms with Crippen LogP contribution in [-0.4, -0.2) is 23.4 Å². The lowest BCUT2D eigenvalue weighted by Crippen LogP contribution is -2.37. The minimum absolute atomic E-state index is 0.0731. The number of benzene rings is 1. The van der Waals surface area contributed by atoms with Gasteiger partial charge in [0.2, 0.25) is 11.8 Å². The van der Waals surface area contributed by atoms with E-state index in [2.05, 4.69) is 10.3 Å². The van der Waals surface area contributed by atoms with E-state index in [1.165, 1.54) is 6.20 Å². The van der Waals surface area contributed by atoms with Crippen molar-refractivity contribution >= 4 is 17.5 Å². The molecule has 0 saturated carbocycles. The van der Waals surface area contributed by atoms with Crippen molar-refractivity contribution in [1.29, 1.82) is 0 Å². The maximum absolute atomic E-state index is 12.1. The predicted molar refractivity (Wildman–Crippen MR) is 81.6 cm³/mol. The normalized spacial score (nSPS) is 11.6. The van der Waals surface area contributed by atoms with Crippen molar-refractivity contribution in [3.63, 3.8) is 0 Å². The number of nitrogens with zero attached hydrogens (tertiary/aromatic N) is 1. The third kappa shape index (κ3) is 4.68. The van der Waals surface area contributed by atoms with Crippen LogP contribution >= 0.6 is 0 Å². The van der Waals surface area contributed by atoms with E-state index in [9.17, 15) is 9.59 Å². The number of ether oxygens (including phenoxy) is 1. The van der Waals surface area contributed by atoms with Gasteiger partial charge in [-0.3, -0.25) is 14.6 Å². The molecular weight excluding hydrogens is 282 g/mol. The zero-order valence-corrected chi connectivity index (χ0v) is 11.9. The van der Waals surface area contributed by atoms with E-state index in [-0.39, 0.29) is 6.61 Å². The zero-order valence-electron chi connectivity index (χ0n) is 11.9. The second-order valence-electron chi connectivity index (χ2n) is 4.69. The first-order valence-corrected chi connectivity index (χ1v) is 6.78. The summed E-state index contributed by atoms with van der Waals surface area (Å²) in [6.07, 6.45) is 3.07. The molecule has 0 spiro atoms. The molecule has 0 saturated heterocycles. The molecule has 1 aromatic carbocycles. The number of carbonyl (C=O) groups excluding carboxylic acids is 2. The number of anilines is 1. The zero-order chi connectivity index (χ0) is 15.8. The van der Waals surface area contributed by atoms with Crippen LogP contribution in [0.25, 0.3) is 0 Å². The molecule has 6 heteroatoms. The fourth-order valence-corrected chi connectivity index (χ4v) is 1.82. The lowest BCUT2D eigenvalue weighted by molar-refractivity contribution is -0.133. The van der Waals surface area contributed by atoms with Crippen LogP contribution in [0.4, 0.5) is 5.69 Å². The van der Waals surface area contributed by atoms with E-state index in [0.29, 0.717) is 12.3 Å². The highest BCUT2D eigenvalue weighted by Crippen LogP contribution is 2.08. The van der Waals surface area contributed by atoms with E-state index in [0.717, 1.165) is 5.56 Å². The standard InChI is InChI=1S/C16H17N3O3/c17-15(20)14(11-22-10-12-5-2-1-3-6-12)16(21)19-13-7-4-8-18-9-13/h1-9,14H,10-11H2,(H2,17,20)(H,19,21). The van der Waals surface area contributed by atoms with E-state index >= 15 is 0 Å². The van der Waals surface area contributed by atoms with Gasteiger partial charge in [-0.2, -0.15) is 0 Å². The van der Waals surface area contributed by atoms with Gasteiger partial charge < -0.3 is 15.8 Å². The fourth-order valence-electron chi connectivity index (χ4n) is 1.82. The number of hydrogen-bond donors (Lipinski definition) is 2. The molecule has 0 aliphatic heterocycles. The topological polar surface area (TPSA) is 94.3 Å². The Kier molecular flexibility index (Phi) is 5.62. The Morgan fingerprint density at radius 1 is 1.18 bits per heavy atom. The first-order chi connectivity index (χ1) is 10.7. The summed E-state index contributed by atoms with van der Waals surface area (Å²) in [5.41, 5.74) is 6.73. The lowest BCUT2D eigenvalue weighted by Gasteiger charge is -2.14. The number of rotatable bonds is 7. The minimum Gasteiger partial charge on any atom is -0.375 e. The molecule has 1 heterocycles. The van der Waals surface area contributed by atoms with Crippen LogP contribution in [0.5, 0.6) is 0 Å². The smallest absolute Gasteiger partial charge is 0.239 e. The molecule has 1 aromatic heterocycles. The third-order valence-electron chi connectivity index (χ3n) is 2.99. The molecule has 2 rings (SSSR count). The second kappa shape index (κ2) is 7.90. The number of nitrogens with one attached hydrogen (secondary N) is 1. The van der Waals surface area contributed by atoms with Crippen molar-refractivity contribution in [2.45, 2.75) is 6.61 Å². The molecule has 0 aliphatic carbocycles. The van der Waals surface area contributed by atoms with Crippen molar-refractivity contribution in [3.05, 3.63) is 60.4 Å². The fraction of sp³-hybridized carbons (Fsp3) is 0.188. The molecule has 3 N–H and O–H groups in total. The van der Waals surface area contributed by atoms with Gasteiger partial charge in [0, 0.05) is 6.20 Å². The Bertz CT molecular complexity index is 617. The molecule has 1 unspecified atom stereocenters. The number of nitrogens with two attached hydrogens (primary N) is 1. The highest BCUT2D eigenvalue weighted by Gasteiger charge is 2.24. The van der Waals surface area contributed by atoms with Gasteiger partial charge in [0.15, 0.2) is 0 Å². The molecular formula is C16H17N3O3. The Morgan fingerprint density at radius 3 is 2.59 bits per heavy atom. The Balaban J connectivity index is 1.89. The van der Waals surface area contributed by atoms with E-state index in [4.69, 9.17) is 10.5 Å². The summed E-state index contributed by atoms with van der Waals surface area (Å²) in [7, 11) is 0. The van der Waals surface area contributed by atoms with Crippen LogP contribution < -0.4 is 11.1 Å². The molecule has 22 heavy (non-hydrogen) atoms. The quantitative estimate of drug-likeness (QED) is 0.754. The molecule has 0 radical (unpaired) electrons. The average molecular weight is 299 g/mol. The van der Waals surface area contributed by atoms with Gasteiger partial charge in [0.25, 0.3) is 0 Å². The lowest BCUT2D eigenvalue weighted by atomic mass is 10.1. The molecule has 0 bridgehead atoms. The molecule has 2 amide bonds. The summed E-state index contributed by atoms with van der Waals surface area (Å²) >= 11 is 0. The molecule has 114 valence electrons. The van der Waals surface area contributed by atoms with Crippen molar-refractivity contribution in [2.75, 3.05) is 11.9 Å². The molecule has 2 aromatic rings. The van der Waals surface area contributed by atoms with Crippen LogP contribution in [0.1, 0.15) is 5.56 Å². The first kappa shape index (κ1) is 15.7. The Morgan fingerprint density at radius 2 is 1.95 bits per heavy atom. The number of aromatic nitrogens is 1. The first-order valence-electron chi connectivity index (χ1n) is 6.78. The summed E-state index contributed by atoms with van der Waals surface area (Å²) in [5, 5.41) is 2.59. The average Bonchev–Trinajstić information content (AvgIpc) is 2.53. The predicted octanol–water partition coefficient (Wildman–Crippen LogP) is 1.34. The van der Waals surface area contributed by atoms with Crippen molar-refractivity contribution in [2.24, 2.45) is 11.7 Å². The van der Waals surface area contributed by atoms with E-state index in [1.54, 1.807) is 18.3 Å². The van der Waals surface area contributed by atoms with Gasteiger partial charge in [-0.05, 0) is 17.7 Å². The number of carbonyl (C=O) groups is 2. The van der Waals surface area contributed by atoms with Crippen molar-refractivity contribution in [3.8, 4) is 0 Å². The van der Waals surface area contributed by atoms with Gasteiger partial charge in [-0.1, -0.05) is 30.3 Å². The minimum atomic E-state index is -1.05. The van der Waals surface area contributed by atoms with Crippen LogP contribution in [0.15, 0.2) is 54.9 Å². The van der Waals surface area contributed by atoms with Gasteiger partial charge in [0.1, 0.15) is 5.92 Å².